The quantitative estimate of drug-likeness (QED) is 0.457. The van der Waals surface area contributed by atoms with Gasteiger partial charge in [-0.05, 0) is 24.3 Å². The lowest BCUT2D eigenvalue weighted by molar-refractivity contribution is -0.384. The van der Waals surface area contributed by atoms with Crippen LogP contribution < -0.4 is 5.32 Å². The average molecular weight is 339 g/mol. The maximum absolute atomic E-state index is 11.1. The highest BCUT2D eigenvalue weighted by Crippen LogP contribution is 2.33. The van der Waals surface area contributed by atoms with Crippen molar-refractivity contribution in [1.82, 2.24) is 0 Å². The normalized spacial score (nSPS) is 11.9. The first-order valence-corrected chi connectivity index (χ1v) is 7.94. The maximum atomic E-state index is 11.1. The van der Waals surface area contributed by atoms with Crippen LogP contribution in [0.3, 0.4) is 0 Å². The minimum atomic E-state index is -0.758. The van der Waals surface area contributed by atoms with Crippen molar-refractivity contribution >= 4 is 34.7 Å². The molecular formula is C15H15ClN2O3S. The summed E-state index contributed by atoms with van der Waals surface area (Å²) in [5.41, 5.74) is 0.342. The number of alkyl halides is 1. The summed E-state index contributed by atoms with van der Waals surface area (Å²) in [6.07, 6.45) is -0.758. The van der Waals surface area contributed by atoms with Gasteiger partial charge in [0.15, 0.2) is 0 Å². The fraction of sp³-hybridized carbons (Fsp3) is 0.200. The van der Waals surface area contributed by atoms with Gasteiger partial charge >= 0.3 is 0 Å². The Labute approximate surface area is 137 Å². The first-order chi connectivity index (χ1) is 10.6. The van der Waals surface area contributed by atoms with E-state index in [0.717, 1.165) is 9.79 Å². The minimum Gasteiger partial charge on any atom is -0.390 e. The molecule has 22 heavy (non-hydrogen) atoms. The summed E-state index contributed by atoms with van der Waals surface area (Å²) in [6, 6.07) is 14.6. The van der Waals surface area contributed by atoms with E-state index < -0.39 is 11.0 Å². The van der Waals surface area contributed by atoms with Crippen molar-refractivity contribution in [3.63, 3.8) is 0 Å². The van der Waals surface area contributed by atoms with Gasteiger partial charge in [-0.25, -0.2) is 0 Å². The molecular weight excluding hydrogens is 324 g/mol. The summed E-state index contributed by atoms with van der Waals surface area (Å²) in [4.78, 5) is 12.5. The van der Waals surface area contributed by atoms with Gasteiger partial charge in [-0.2, -0.15) is 0 Å². The number of benzene rings is 2. The Kier molecular flexibility index (Phi) is 6.06. The third kappa shape index (κ3) is 4.62. The van der Waals surface area contributed by atoms with E-state index in [-0.39, 0.29) is 18.1 Å². The van der Waals surface area contributed by atoms with Gasteiger partial charge in [0.1, 0.15) is 5.69 Å². The van der Waals surface area contributed by atoms with Crippen LogP contribution >= 0.6 is 23.4 Å². The summed E-state index contributed by atoms with van der Waals surface area (Å²) in [6.45, 7) is 0.157. The van der Waals surface area contributed by atoms with Crippen molar-refractivity contribution in [3.8, 4) is 0 Å². The van der Waals surface area contributed by atoms with Crippen LogP contribution in [0.2, 0.25) is 0 Å². The van der Waals surface area contributed by atoms with Crippen LogP contribution in [0.4, 0.5) is 11.4 Å². The molecule has 0 radical (unpaired) electrons. The molecule has 0 saturated carbocycles. The van der Waals surface area contributed by atoms with Gasteiger partial charge < -0.3 is 10.4 Å². The molecule has 2 N–H and O–H groups in total. The summed E-state index contributed by atoms with van der Waals surface area (Å²) in [7, 11) is 0. The number of aliphatic hydroxyl groups excluding tert-OH is 1. The van der Waals surface area contributed by atoms with Crippen molar-refractivity contribution in [1.29, 1.82) is 0 Å². The highest BCUT2D eigenvalue weighted by atomic mass is 35.5. The molecule has 0 amide bonds. The molecule has 0 aliphatic heterocycles. The number of anilines is 1. The monoisotopic (exact) mass is 338 g/mol. The molecule has 0 spiro atoms. The second-order valence-electron chi connectivity index (χ2n) is 4.54. The smallest absolute Gasteiger partial charge is 0.292 e. The Balaban J connectivity index is 2.20. The fourth-order valence-corrected chi connectivity index (χ4v) is 2.77. The lowest BCUT2D eigenvalue weighted by Gasteiger charge is -2.11. The van der Waals surface area contributed by atoms with E-state index in [4.69, 9.17) is 11.6 Å². The topological polar surface area (TPSA) is 75.4 Å². The van der Waals surface area contributed by atoms with Crippen molar-refractivity contribution in [2.75, 3.05) is 17.7 Å². The lowest BCUT2D eigenvalue weighted by atomic mass is 10.2. The van der Waals surface area contributed by atoms with Gasteiger partial charge in [-0.3, -0.25) is 10.1 Å². The molecule has 0 bridgehead atoms. The van der Waals surface area contributed by atoms with Gasteiger partial charge in [0.05, 0.1) is 16.9 Å². The van der Waals surface area contributed by atoms with Crippen molar-refractivity contribution in [3.05, 3.63) is 58.6 Å². The maximum Gasteiger partial charge on any atom is 0.292 e. The second-order valence-corrected chi connectivity index (χ2v) is 6.00. The average Bonchev–Trinajstić information content (AvgIpc) is 2.53. The Morgan fingerprint density at radius 3 is 2.59 bits per heavy atom. The summed E-state index contributed by atoms with van der Waals surface area (Å²) >= 11 is 7.04. The van der Waals surface area contributed by atoms with E-state index in [1.165, 1.54) is 17.8 Å². The lowest BCUT2D eigenvalue weighted by Crippen LogP contribution is -2.21. The number of aliphatic hydroxyl groups is 1. The largest absolute Gasteiger partial charge is 0.390 e. The molecule has 0 aromatic heterocycles. The highest BCUT2D eigenvalue weighted by molar-refractivity contribution is 7.99. The van der Waals surface area contributed by atoms with Crippen LogP contribution in [-0.2, 0) is 0 Å². The zero-order valence-corrected chi connectivity index (χ0v) is 13.2. The number of nitro groups is 1. The van der Waals surface area contributed by atoms with Gasteiger partial charge in [-0.1, -0.05) is 30.0 Å². The number of nitro benzene ring substituents is 1. The zero-order valence-electron chi connectivity index (χ0n) is 11.6. The first kappa shape index (κ1) is 16.6. The molecule has 2 aromatic carbocycles. The van der Waals surface area contributed by atoms with E-state index >= 15 is 0 Å². The first-order valence-electron chi connectivity index (χ1n) is 6.59. The SMILES string of the molecule is O=[N+]([O-])c1ccc(Sc2ccccc2)cc1NCC(O)CCl. The zero-order chi connectivity index (χ0) is 15.9. The van der Waals surface area contributed by atoms with E-state index in [1.807, 2.05) is 30.3 Å². The van der Waals surface area contributed by atoms with Gasteiger partial charge in [0.25, 0.3) is 5.69 Å². The predicted molar refractivity (Wildman–Crippen MR) is 88.9 cm³/mol. The minimum absolute atomic E-state index is 0.0285. The molecule has 7 heteroatoms. The van der Waals surface area contributed by atoms with E-state index in [9.17, 15) is 15.2 Å². The van der Waals surface area contributed by atoms with E-state index in [2.05, 4.69) is 5.32 Å². The van der Waals surface area contributed by atoms with Crippen LogP contribution in [0.15, 0.2) is 58.3 Å². The van der Waals surface area contributed by atoms with Crippen LogP contribution in [0, 0.1) is 10.1 Å². The van der Waals surface area contributed by atoms with Crippen LogP contribution in [0.5, 0.6) is 0 Å². The Hall–Kier alpha value is -1.76. The molecule has 0 aliphatic carbocycles. The number of nitrogens with one attached hydrogen (secondary N) is 1. The molecule has 0 aliphatic rings. The third-order valence-electron chi connectivity index (χ3n) is 2.85. The summed E-state index contributed by atoms with van der Waals surface area (Å²) in [5, 5.41) is 23.4. The van der Waals surface area contributed by atoms with Crippen LogP contribution in [0.25, 0.3) is 0 Å². The van der Waals surface area contributed by atoms with Crippen molar-refractivity contribution < 1.29 is 10.0 Å². The molecule has 0 saturated heterocycles. The fourth-order valence-electron chi connectivity index (χ4n) is 1.79. The molecule has 1 atom stereocenters. The summed E-state index contributed by atoms with van der Waals surface area (Å²) < 4.78 is 0. The highest BCUT2D eigenvalue weighted by Gasteiger charge is 2.15. The summed E-state index contributed by atoms with van der Waals surface area (Å²) in [5.74, 6) is 0.0687. The molecule has 5 nitrogen and oxygen atoms in total. The Bertz CT molecular complexity index is 640. The molecule has 0 fully saturated rings. The van der Waals surface area contributed by atoms with E-state index in [1.54, 1.807) is 12.1 Å². The second kappa shape index (κ2) is 8.03. The molecule has 0 heterocycles. The molecule has 2 rings (SSSR count). The van der Waals surface area contributed by atoms with Crippen LogP contribution in [0.1, 0.15) is 0 Å². The Morgan fingerprint density at radius 2 is 1.95 bits per heavy atom. The molecule has 116 valence electrons. The molecule has 2 aromatic rings. The number of rotatable bonds is 7. The van der Waals surface area contributed by atoms with Gasteiger partial charge in [-0.15, -0.1) is 11.6 Å². The number of hydrogen-bond acceptors (Lipinski definition) is 5. The predicted octanol–water partition coefficient (Wildman–Crippen LogP) is 3.76. The van der Waals surface area contributed by atoms with Crippen LogP contribution in [-0.4, -0.2) is 28.6 Å². The number of hydrogen-bond donors (Lipinski definition) is 2. The third-order valence-corrected chi connectivity index (χ3v) is 4.20. The molecule has 1 unspecified atom stereocenters. The Morgan fingerprint density at radius 1 is 1.23 bits per heavy atom. The van der Waals surface area contributed by atoms with Gasteiger partial charge in [0.2, 0.25) is 0 Å². The van der Waals surface area contributed by atoms with Gasteiger partial charge in [0, 0.05) is 22.4 Å². The number of nitrogens with zero attached hydrogens (tertiary/aromatic N) is 1. The number of halogens is 1. The van der Waals surface area contributed by atoms with Crippen molar-refractivity contribution in [2.45, 2.75) is 15.9 Å². The van der Waals surface area contributed by atoms with Crippen molar-refractivity contribution in [2.24, 2.45) is 0 Å². The van der Waals surface area contributed by atoms with E-state index in [0.29, 0.717) is 5.69 Å². The standard InChI is InChI=1S/C15H15ClN2O3S/c16-9-11(19)10-17-14-8-13(6-7-15(14)18(20)21)22-12-4-2-1-3-5-12/h1-8,11,17,19H,9-10H2.